The number of halogens is 1. The van der Waals surface area contributed by atoms with E-state index in [2.05, 4.69) is 47.8 Å². The maximum Gasteiger partial charge on any atom is 0.246 e. The smallest absolute Gasteiger partial charge is 0.246 e. The molecule has 2 nitrogen and oxygen atoms in total. The summed E-state index contributed by atoms with van der Waals surface area (Å²) in [5, 5.41) is 2.90. The molecule has 0 bridgehead atoms. The minimum atomic E-state index is 0.151. The van der Waals surface area contributed by atoms with Crippen molar-refractivity contribution in [1.82, 2.24) is 5.32 Å². The molecule has 3 heteroatoms. The number of nitrogens with one attached hydrogen (secondary N) is 1. The molecule has 0 aromatic heterocycles. The lowest BCUT2D eigenvalue weighted by molar-refractivity contribution is -0.118. The fourth-order valence-electron chi connectivity index (χ4n) is 1.92. The lowest BCUT2D eigenvalue weighted by atomic mass is 9.85. The maximum absolute atomic E-state index is 11.5. The number of alkyl halides is 1. The van der Waals surface area contributed by atoms with Crippen LogP contribution in [0.15, 0.2) is 11.6 Å². The van der Waals surface area contributed by atoms with Gasteiger partial charge in [0.2, 0.25) is 5.91 Å². The van der Waals surface area contributed by atoms with E-state index in [0.717, 1.165) is 31.4 Å². The molecule has 1 amide bonds. The molecular weight excluding hydrogens is 313 g/mol. The topological polar surface area (TPSA) is 29.1 Å². The van der Waals surface area contributed by atoms with Crippen molar-refractivity contribution in [2.45, 2.75) is 46.0 Å². The van der Waals surface area contributed by atoms with Gasteiger partial charge in [-0.3, -0.25) is 4.79 Å². The number of allylic oxidation sites excluding steroid dienone is 1. The van der Waals surface area contributed by atoms with Crippen LogP contribution in [0.3, 0.4) is 0 Å². The van der Waals surface area contributed by atoms with Crippen LogP contribution in [0.4, 0.5) is 0 Å². The molecule has 1 N–H and O–H groups in total. The molecule has 0 aliphatic carbocycles. The average molecular weight is 335 g/mol. The Kier molecular flexibility index (Phi) is 5.79. The van der Waals surface area contributed by atoms with E-state index in [1.54, 1.807) is 0 Å². The van der Waals surface area contributed by atoms with Gasteiger partial charge in [0.05, 0.1) is 0 Å². The van der Waals surface area contributed by atoms with Crippen LogP contribution < -0.4 is 5.32 Å². The third-order valence-electron chi connectivity index (χ3n) is 3.18. The number of hydrogen-bond donors (Lipinski definition) is 1. The first kappa shape index (κ1) is 14.0. The van der Waals surface area contributed by atoms with E-state index < -0.39 is 0 Å². The second-order valence-corrected chi connectivity index (χ2v) is 6.31. The molecule has 0 unspecified atom stereocenters. The third-order valence-corrected chi connectivity index (χ3v) is 3.72. The Balaban J connectivity index is 2.38. The van der Waals surface area contributed by atoms with E-state index in [9.17, 15) is 4.79 Å². The molecule has 0 aromatic carbocycles. The number of carbonyl (C=O) groups excluding carboxylic acids is 1. The van der Waals surface area contributed by atoms with Crippen LogP contribution in [0.2, 0.25) is 0 Å². The normalized spacial score (nSPS) is 19.9. The van der Waals surface area contributed by atoms with Gasteiger partial charge in [-0.2, -0.15) is 0 Å². The molecule has 1 saturated heterocycles. The van der Waals surface area contributed by atoms with Gasteiger partial charge >= 0.3 is 0 Å². The fourth-order valence-corrected chi connectivity index (χ4v) is 3.38. The van der Waals surface area contributed by atoms with Crippen LogP contribution in [-0.2, 0) is 4.79 Å². The van der Waals surface area contributed by atoms with Gasteiger partial charge in [0.25, 0.3) is 0 Å². The highest BCUT2D eigenvalue weighted by Crippen LogP contribution is 2.28. The van der Waals surface area contributed by atoms with Gasteiger partial charge in [0.1, 0.15) is 0 Å². The maximum atomic E-state index is 11.5. The van der Waals surface area contributed by atoms with E-state index in [1.165, 1.54) is 17.3 Å². The van der Waals surface area contributed by atoms with Crippen LogP contribution in [-0.4, -0.2) is 16.9 Å². The Bertz CT molecular complexity index is 271. The summed E-state index contributed by atoms with van der Waals surface area (Å²) in [6, 6.07) is 0. The number of carbonyl (C=O) groups is 1. The summed E-state index contributed by atoms with van der Waals surface area (Å²) in [6.45, 7) is 5.47. The van der Waals surface area contributed by atoms with Crippen LogP contribution in [0, 0.1) is 5.41 Å². The van der Waals surface area contributed by atoms with E-state index in [-0.39, 0.29) is 5.91 Å². The predicted molar refractivity (Wildman–Crippen MR) is 76.8 cm³/mol. The number of rotatable bonds is 5. The molecule has 1 aliphatic rings. The first-order valence-electron chi connectivity index (χ1n) is 6.08. The summed E-state index contributed by atoms with van der Waals surface area (Å²) in [6.07, 6.45) is 7.65. The van der Waals surface area contributed by atoms with Gasteiger partial charge in [-0.25, -0.2) is 0 Å². The predicted octanol–water partition coefficient (Wildman–Crippen LogP) is 3.45. The average Bonchev–Trinajstić information content (AvgIpc) is 2.20. The number of piperidine rings is 1. The highest BCUT2D eigenvalue weighted by Gasteiger charge is 2.17. The zero-order valence-electron chi connectivity index (χ0n) is 10.3. The van der Waals surface area contributed by atoms with Gasteiger partial charge in [-0.15, -0.1) is 0 Å². The Hall–Kier alpha value is -0.0600. The largest absolute Gasteiger partial charge is 0.352 e. The Morgan fingerprint density at radius 3 is 2.81 bits per heavy atom. The highest BCUT2D eigenvalue weighted by atomic mass is 127. The monoisotopic (exact) mass is 335 g/mol. The zero-order valence-corrected chi connectivity index (χ0v) is 12.5. The zero-order chi connectivity index (χ0) is 12.0. The fraction of sp³-hybridized carbons (Fsp3) is 0.769. The van der Waals surface area contributed by atoms with Crippen LogP contribution in [0.25, 0.3) is 0 Å². The van der Waals surface area contributed by atoms with E-state index in [4.69, 9.17) is 0 Å². The van der Waals surface area contributed by atoms with Crippen molar-refractivity contribution in [3.8, 4) is 0 Å². The van der Waals surface area contributed by atoms with Crippen LogP contribution in [0.5, 0.6) is 0 Å². The van der Waals surface area contributed by atoms with Crippen molar-refractivity contribution in [3.05, 3.63) is 11.6 Å². The molecule has 16 heavy (non-hydrogen) atoms. The van der Waals surface area contributed by atoms with E-state index in [1.807, 2.05) is 0 Å². The second-order valence-electron chi connectivity index (χ2n) is 5.23. The van der Waals surface area contributed by atoms with Gasteiger partial charge < -0.3 is 5.32 Å². The molecule has 0 spiro atoms. The molecule has 0 aromatic rings. The number of hydrogen-bond acceptors (Lipinski definition) is 1. The lowest BCUT2D eigenvalue weighted by Gasteiger charge is -2.23. The van der Waals surface area contributed by atoms with Crippen molar-refractivity contribution in [2.24, 2.45) is 5.41 Å². The standard InChI is InChI=1S/C13H22INO/c1-13(2,8-9-14)7-3-5-11-6-4-10-15-12(11)16/h5H,3-4,6-10H2,1-2H3,(H,15,16)/b11-5+. The summed E-state index contributed by atoms with van der Waals surface area (Å²) in [5.74, 6) is 0.151. The molecule has 1 heterocycles. The summed E-state index contributed by atoms with van der Waals surface area (Å²) >= 11 is 2.43. The van der Waals surface area contributed by atoms with Crippen LogP contribution >= 0.6 is 22.6 Å². The Morgan fingerprint density at radius 1 is 1.44 bits per heavy atom. The number of amides is 1. The summed E-state index contributed by atoms with van der Waals surface area (Å²) in [4.78, 5) is 11.5. The SMILES string of the molecule is CC(C)(CCI)CC/C=C1\CCCNC1=O. The molecule has 0 atom stereocenters. The van der Waals surface area contributed by atoms with E-state index >= 15 is 0 Å². The van der Waals surface area contributed by atoms with Crippen LogP contribution in [0.1, 0.15) is 46.0 Å². The molecule has 92 valence electrons. The summed E-state index contributed by atoms with van der Waals surface area (Å²) in [5.41, 5.74) is 1.40. The minimum Gasteiger partial charge on any atom is -0.352 e. The third kappa shape index (κ3) is 4.85. The second kappa shape index (κ2) is 6.62. The quantitative estimate of drug-likeness (QED) is 0.465. The molecule has 0 radical (unpaired) electrons. The summed E-state index contributed by atoms with van der Waals surface area (Å²) in [7, 11) is 0. The minimum absolute atomic E-state index is 0.151. The van der Waals surface area contributed by atoms with Crippen molar-refractivity contribution in [1.29, 1.82) is 0 Å². The Labute approximate surface area is 112 Å². The summed E-state index contributed by atoms with van der Waals surface area (Å²) < 4.78 is 1.21. The van der Waals surface area contributed by atoms with Gasteiger partial charge in [0, 0.05) is 16.5 Å². The lowest BCUT2D eigenvalue weighted by Crippen LogP contribution is -2.30. The molecule has 1 rings (SSSR count). The van der Waals surface area contributed by atoms with Crippen molar-refractivity contribution in [2.75, 3.05) is 11.0 Å². The van der Waals surface area contributed by atoms with Gasteiger partial charge in [-0.05, 0) is 37.5 Å². The molecule has 0 saturated carbocycles. The Morgan fingerprint density at radius 2 is 2.19 bits per heavy atom. The van der Waals surface area contributed by atoms with Gasteiger partial charge in [-0.1, -0.05) is 42.5 Å². The van der Waals surface area contributed by atoms with Crippen molar-refractivity contribution < 1.29 is 4.79 Å². The molecule has 1 aliphatic heterocycles. The molecule has 1 fully saturated rings. The first-order valence-corrected chi connectivity index (χ1v) is 7.61. The van der Waals surface area contributed by atoms with Crippen molar-refractivity contribution in [3.63, 3.8) is 0 Å². The molecular formula is C13H22INO. The first-order chi connectivity index (χ1) is 7.55. The van der Waals surface area contributed by atoms with Crippen molar-refractivity contribution >= 4 is 28.5 Å². The van der Waals surface area contributed by atoms with Gasteiger partial charge in [0.15, 0.2) is 0 Å². The highest BCUT2D eigenvalue weighted by molar-refractivity contribution is 14.1. The van der Waals surface area contributed by atoms with E-state index in [0.29, 0.717) is 5.41 Å².